The zero-order valence-electron chi connectivity index (χ0n) is 13.3. The Bertz CT molecular complexity index is 899. The lowest BCUT2D eigenvalue weighted by molar-refractivity contribution is 0.354. The van der Waals surface area contributed by atoms with E-state index in [-0.39, 0.29) is 5.28 Å². The first-order chi connectivity index (χ1) is 11.5. The Labute approximate surface area is 153 Å². The molecule has 0 bridgehead atoms. The number of hydrogen-bond donors (Lipinski definition) is 1. The van der Waals surface area contributed by atoms with Crippen LogP contribution in [0.1, 0.15) is 10.4 Å². The van der Waals surface area contributed by atoms with Gasteiger partial charge in [-0.25, -0.2) is 9.97 Å². The van der Waals surface area contributed by atoms with Crippen molar-refractivity contribution in [1.82, 2.24) is 9.97 Å². The number of thiophene rings is 1. The smallest absolute Gasteiger partial charge is 0.225 e. The van der Waals surface area contributed by atoms with E-state index >= 15 is 0 Å². The Morgan fingerprint density at radius 2 is 1.88 bits per heavy atom. The topological polar surface area (TPSA) is 56.3 Å². The molecule has 2 aromatic heterocycles. The highest BCUT2D eigenvalue weighted by Gasteiger charge is 2.15. The van der Waals surface area contributed by atoms with E-state index in [1.54, 1.807) is 14.2 Å². The molecule has 0 aliphatic heterocycles. The molecule has 0 saturated heterocycles. The zero-order chi connectivity index (χ0) is 17.3. The minimum Gasteiger partial charge on any atom is -0.493 e. The molecule has 0 saturated carbocycles. The van der Waals surface area contributed by atoms with Gasteiger partial charge in [0, 0.05) is 11.4 Å². The van der Waals surface area contributed by atoms with Crippen LogP contribution >= 0.6 is 34.5 Å². The van der Waals surface area contributed by atoms with Crippen molar-refractivity contribution in [2.75, 3.05) is 19.5 Å². The summed E-state index contributed by atoms with van der Waals surface area (Å²) in [6.07, 6.45) is 0. The fourth-order valence-electron chi connectivity index (χ4n) is 2.36. The van der Waals surface area contributed by atoms with Crippen molar-refractivity contribution in [3.8, 4) is 11.5 Å². The summed E-state index contributed by atoms with van der Waals surface area (Å²) in [5.74, 6) is 1.98. The highest BCUT2D eigenvalue weighted by Crippen LogP contribution is 2.38. The van der Waals surface area contributed by atoms with Crippen molar-refractivity contribution in [2.24, 2.45) is 0 Å². The molecule has 0 amide bonds. The second-order valence-corrected chi connectivity index (χ2v) is 6.96. The fourth-order valence-corrected chi connectivity index (χ4v) is 3.84. The van der Waals surface area contributed by atoms with E-state index < -0.39 is 0 Å². The van der Waals surface area contributed by atoms with Crippen molar-refractivity contribution < 1.29 is 9.47 Å². The van der Waals surface area contributed by atoms with E-state index in [0.717, 1.165) is 20.7 Å². The van der Waals surface area contributed by atoms with Crippen molar-refractivity contribution >= 4 is 50.6 Å². The van der Waals surface area contributed by atoms with Gasteiger partial charge >= 0.3 is 0 Å². The van der Waals surface area contributed by atoms with Crippen LogP contribution in [0.25, 0.3) is 10.2 Å². The SMILES string of the molecule is COc1ccc(CNc2nc(Cl)nc3sc(C)c(Cl)c23)cc1OC. The number of aromatic nitrogens is 2. The van der Waals surface area contributed by atoms with E-state index in [2.05, 4.69) is 15.3 Å². The van der Waals surface area contributed by atoms with E-state index in [1.807, 2.05) is 25.1 Å². The highest BCUT2D eigenvalue weighted by molar-refractivity contribution is 7.19. The third-order valence-electron chi connectivity index (χ3n) is 3.53. The van der Waals surface area contributed by atoms with Crippen LogP contribution in [-0.4, -0.2) is 24.2 Å². The normalized spacial score (nSPS) is 10.9. The molecule has 0 atom stereocenters. The zero-order valence-corrected chi connectivity index (χ0v) is 15.6. The molecule has 0 aliphatic rings. The van der Waals surface area contributed by atoms with Crippen molar-refractivity contribution in [3.05, 3.63) is 38.9 Å². The quantitative estimate of drug-likeness (QED) is 0.632. The number of halogens is 2. The number of ether oxygens (including phenoxy) is 2. The summed E-state index contributed by atoms with van der Waals surface area (Å²) in [6, 6.07) is 5.72. The number of benzene rings is 1. The van der Waals surface area contributed by atoms with Gasteiger partial charge in [0.2, 0.25) is 5.28 Å². The molecule has 0 aliphatic carbocycles. The number of aryl methyl sites for hydroxylation is 1. The number of hydrogen-bond acceptors (Lipinski definition) is 6. The van der Waals surface area contributed by atoms with E-state index in [0.29, 0.717) is 28.9 Å². The van der Waals surface area contributed by atoms with Gasteiger partial charge in [0.1, 0.15) is 10.6 Å². The average Bonchev–Trinajstić information content (AvgIpc) is 2.86. The van der Waals surface area contributed by atoms with Gasteiger partial charge in [0.25, 0.3) is 0 Å². The van der Waals surface area contributed by atoms with Crippen molar-refractivity contribution in [3.63, 3.8) is 0 Å². The highest BCUT2D eigenvalue weighted by atomic mass is 35.5. The Balaban J connectivity index is 1.91. The summed E-state index contributed by atoms with van der Waals surface area (Å²) >= 11 is 13.9. The first-order valence-corrected chi connectivity index (χ1v) is 8.67. The molecule has 0 spiro atoms. The predicted molar refractivity (Wildman–Crippen MR) is 99.0 cm³/mol. The third kappa shape index (κ3) is 3.22. The fraction of sp³-hybridized carbons (Fsp3) is 0.250. The van der Waals surface area contributed by atoms with Gasteiger partial charge in [-0.3, -0.25) is 0 Å². The number of nitrogens with zero attached hydrogens (tertiary/aromatic N) is 2. The average molecular weight is 384 g/mol. The lowest BCUT2D eigenvalue weighted by atomic mass is 10.2. The lowest BCUT2D eigenvalue weighted by Gasteiger charge is -2.11. The first kappa shape index (κ1) is 17.1. The molecule has 0 fully saturated rings. The van der Waals surface area contributed by atoms with Gasteiger partial charge < -0.3 is 14.8 Å². The molecule has 3 aromatic rings. The number of methoxy groups -OCH3 is 2. The summed E-state index contributed by atoms with van der Waals surface area (Å²) in [4.78, 5) is 10.3. The van der Waals surface area contributed by atoms with Crippen LogP contribution in [0.15, 0.2) is 18.2 Å². The first-order valence-electron chi connectivity index (χ1n) is 7.10. The molecule has 1 N–H and O–H groups in total. The van der Waals surface area contributed by atoms with Crippen LogP contribution in [0.2, 0.25) is 10.3 Å². The minimum atomic E-state index is 0.190. The Morgan fingerprint density at radius 1 is 1.12 bits per heavy atom. The Hall–Kier alpha value is -1.76. The Kier molecular flexibility index (Phi) is 4.99. The molecule has 8 heteroatoms. The van der Waals surface area contributed by atoms with Crippen molar-refractivity contribution in [2.45, 2.75) is 13.5 Å². The lowest BCUT2D eigenvalue weighted by Crippen LogP contribution is -2.03. The predicted octanol–water partition coefficient (Wildman–Crippen LogP) is 4.94. The number of anilines is 1. The number of rotatable bonds is 5. The number of nitrogens with one attached hydrogen (secondary N) is 1. The largest absolute Gasteiger partial charge is 0.493 e. The monoisotopic (exact) mass is 383 g/mol. The van der Waals surface area contributed by atoms with E-state index in [1.165, 1.54) is 11.3 Å². The summed E-state index contributed by atoms with van der Waals surface area (Å²) in [5.41, 5.74) is 1.01. The molecular formula is C16H15Cl2N3O2S. The summed E-state index contributed by atoms with van der Waals surface area (Å²) < 4.78 is 10.6. The van der Waals surface area contributed by atoms with E-state index in [9.17, 15) is 0 Å². The van der Waals surface area contributed by atoms with Gasteiger partial charge in [-0.15, -0.1) is 11.3 Å². The molecule has 0 radical (unpaired) electrons. The molecule has 0 unspecified atom stereocenters. The van der Waals surface area contributed by atoms with Gasteiger partial charge in [-0.2, -0.15) is 0 Å². The molecule has 3 rings (SSSR count). The second kappa shape index (κ2) is 7.01. The van der Waals surface area contributed by atoms with Crippen LogP contribution in [0.4, 0.5) is 5.82 Å². The standard InChI is InChI=1S/C16H15Cl2N3O2S/c1-8-13(17)12-14(20-16(18)21-15(12)24-8)19-7-9-4-5-10(22-2)11(6-9)23-3/h4-6H,7H2,1-3H3,(H,19,20,21). The van der Waals surface area contributed by atoms with Gasteiger partial charge in [0.15, 0.2) is 11.5 Å². The maximum Gasteiger partial charge on any atom is 0.225 e. The third-order valence-corrected chi connectivity index (χ3v) is 5.29. The number of fused-ring (bicyclic) bond motifs is 1. The molecule has 5 nitrogen and oxygen atoms in total. The molecular weight excluding hydrogens is 369 g/mol. The second-order valence-electron chi connectivity index (χ2n) is 5.04. The molecule has 1 aromatic carbocycles. The summed E-state index contributed by atoms with van der Waals surface area (Å²) in [7, 11) is 3.22. The molecule has 2 heterocycles. The maximum atomic E-state index is 6.38. The van der Waals surface area contributed by atoms with Crippen LogP contribution in [0, 0.1) is 6.92 Å². The maximum absolute atomic E-state index is 6.38. The van der Waals surface area contributed by atoms with Crippen molar-refractivity contribution in [1.29, 1.82) is 0 Å². The van der Waals surface area contributed by atoms with Gasteiger partial charge in [-0.05, 0) is 36.2 Å². The van der Waals surface area contributed by atoms with Gasteiger partial charge in [0.05, 0.1) is 24.6 Å². The van der Waals surface area contributed by atoms with Crippen LogP contribution < -0.4 is 14.8 Å². The van der Waals surface area contributed by atoms with Crippen LogP contribution in [-0.2, 0) is 6.54 Å². The molecule has 126 valence electrons. The van der Waals surface area contributed by atoms with Crippen LogP contribution in [0.5, 0.6) is 11.5 Å². The minimum absolute atomic E-state index is 0.190. The summed E-state index contributed by atoms with van der Waals surface area (Å²) in [6.45, 7) is 2.48. The molecule has 24 heavy (non-hydrogen) atoms. The van der Waals surface area contributed by atoms with Gasteiger partial charge in [-0.1, -0.05) is 17.7 Å². The van der Waals surface area contributed by atoms with E-state index in [4.69, 9.17) is 32.7 Å². The summed E-state index contributed by atoms with van der Waals surface area (Å²) in [5, 5.41) is 4.92. The Morgan fingerprint density at radius 3 is 2.58 bits per heavy atom. The van der Waals surface area contributed by atoms with Crippen LogP contribution in [0.3, 0.4) is 0 Å².